The first-order valence-electron chi connectivity index (χ1n) is 18.6. The number of aromatic nitrogens is 3. The number of aryl methyl sites for hydroxylation is 1. The summed E-state index contributed by atoms with van der Waals surface area (Å²) >= 11 is 1.80. The molecule has 54 heavy (non-hydrogen) atoms. The second-order valence-electron chi connectivity index (χ2n) is 14.2. The number of nitrogens with zero attached hydrogens (tertiary/aromatic N) is 3. The molecule has 3 aliphatic rings. The molecule has 0 N–H and O–H groups in total. The third-order valence-corrected chi connectivity index (χ3v) is 12.1. The molecule has 2 aromatic heterocycles. The number of rotatable bonds is 5. The quantitative estimate of drug-likeness (QED) is 0.178. The van der Waals surface area contributed by atoms with Crippen LogP contribution in [0.15, 0.2) is 158 Å². The summed E-state index contributed by atoms with van der Waals surface area (Å²) in [5.74, 6) is 2.86. The zero-order valence-corrected chi connectivity index (χ0v) is 30.1. The van der Waals surface area contributed by atoms with E-state index in [1.165, 1.54) is 42.4 Å². The van der Waals surface area contributed by atoms with Crippen molar-refractivity contribution in [3.05, 3.63) is 174 Å². The minimum Gasteiger partial charge on any atom is -0.485 e. The number of thiophene rings is 1. The zero-order chi connectivity index (χ0) is 35.6. The standard InChI is InChI=1S/C49H33N3OS/c1-2-10-30(11-3-1)37-27-41(46-40-15-6-8-16-42(40)53-43(46)28-37)49-51-47(33-21-18-32(19-22-33)35-23-20-31-12-4-5-13-34(31)26-35)50-48(52-49)36-24-25-39-38-14-7-9-17-44(38)54-45(39)29-36/h1-4,6-12,14-29,40,42H,5,13H2. The summed E-state index contributed by atoms with van der Waals surface area (Å²) in [4.78, 5) is 15.8. The van der Waals surface area contributed by atoms with Crippen LogP contribution in [0.5, 0.6) is 5.75 Å². The highest BCUT2D eigenvalue weighted by molar-refractivity contribution is 7.25. The van der Waals surface area contributed by atoms with Crippen LogP contribution in [0.4, 0.5) is 0 Å². The van der Waals surface area contributed by atoms with Gasteiger partial charge in [-0.25, -0.2) is 15.0 Å². The maximum atomic E-state index is 6.62. The molecule has 8 aromatic rings. The van der Waals surface area contributed by atoms with Crippen molar-refractivity contribution >= 4 is 37.6 Å². The molecule has 0 fully saturated rings. The van der Waals surface area contributed by atoms with Gasteiger partial charge in [0.15, 0.2) is 17.5 Å². The summed E-state index contributed by atoms with van der Waals surface area (Å²) in [5.41, 5.74) is 11.3. The Bertz CT molecular complexity index is 2870. The van der Waals surface area contributed by atoms with Gasteiger partial charge in [-0.1, -0.05) is 134 Å². The summed E-state index contributed by atoms with van der Waals surface area (Å²) in [7, 11) is 0. The van der Waals surface area contributed by atoms with Gasteiger partial charge in [-0.2, -0.15) is 0 Å². The fraction of sp³-hybridized carbons (Fsp3) is 0.0816. The molecule has 3 heterocycles. The smallest absolute Gasteiger partial charge is 0.164 e. The van der Waals surface area contributed by atoms with Crippen LogP contribution < -0.4 is 4.74 Å². The van der Waals surface area contributed by atoms with Gasteiger partial charge < -0.3 is 4.74 Å². The van der Waals surface area contributed by atoms with E-state index in [9.17, 15) is 0 Å². The third kappa shape index (κ3) is 5.31. The Morgan fingerprint density at radius 3 is 2.19 bits per heavy atom. The number of hydrogen-bond acceptors (Lipinski definition) is 5. The van der Waals surface area contributed by atoms with E-state index in [2.05, 4.69) is 158 Å². The molecule has 1 aliphatic heterocycles. The van der Waals surface area contributed by atoms with E-state index in [1.807, 2.05) is 6.07 Å². The minimum atomic E-state index is -0.0712. The molecule has 4 nitrogen and oxygen atoms in total. The number of hydrogen-bond donors (Lipinski definition) is 0. The monoisotopic (exact) mass is 711 g/mol. The highest BCUT2D eigenvalue weighted by Gasteiger charge is 2.36. The SMILES string of the molecule is C1=CC2Oc3cc(-c4ccccc4)cc(-c4nc(-c5ccc(-c6ccc7c(c6)CCC=C7)cc5)nc(-c5ccc6c(c5)sc5ccccc56)n4)c3C2C=C1. The lowest BCUT2D eigenvalue weighted by Gasteiger charge is -2.17. The Morgan fingerprint density at radius 2 is 1.28 bits per heavy atom. The predicted molar refractivity (Wildman–Crippen MR) is 223 cm³/mol. The van der Waals surface area contributed by atoms with Crippen LogP contribution in [-0.4, -0.2) is 21.1 Å². The van der Waals surface area contributed by atoms with Crippen molar-refractivity contribution in [3.63, 3.8) is 0 Å². The van der Waals surface area contributed by atoms with E-state index in [0.29, 0.717) is 17.5 Å². The Balaban J connectivity index is 1.09. The average Bonchev–Trinajstić information content (AvgIpc) is 3.81. The third-order valence-electron chi connectivity index (χ3n) is 10.9. The summed E-state index contributed by atoms with van der Waals surface area (Å²) in [6.45, 7) is 0. The maximum absolute atomic E-state index is 6.62. The first kappa shape index (κ1) is 31.1. The molecule has 0 bridgehead atoms. The molecule has 0 saturated heterocycles. The number of fused-ring (bicyclic) bond motifs is 7. The topological polar surface area (TPSA) is 47.9 Å². The van der Waals surface area contributed by atoms with Crippen molar-refractivity contribution in [2.75, 3.05) is 0 Å². The van der Waals surface area contributed by atoms with Crippen LogP contribution in [0, 0.1) is 0 Å². The molecule has 5 heteroatoms. The summed E-state index contributed by atoms with van der Waals surface area (Å²) < 4.78 is 9.11. The second kappa shape index (κ2) is 12.6. The predicted octanol–water partition coefficient (Wildman–Crippen LogP) is 12.5. The number of ether oxygens (including phenoxy) is 1. The van der Waals surface area contributed by atoms with Gasteiger partial charge in [-0.3, -0.25) is 0 Å². The van der Waals surface area contributed by atoms with Crippen LogP contribution in [0.25, 0.3) is 82.7 Å². The fourth-order valence-electron chi connectivity index (χ4n) is 8.20. The molecule has 256 valence electrons. The van der Waals surface area contributed by atoms with Crippen molar-refractivity contribution < 1.29 is 4.74 Å². The molecule has 2 atom stereocenters. The van der Waals surface area contributed by atoms with Crippen molar-refractivity contribution in [1.82, 2.24) is 15.0 Å². The van der Waals surface area contributed by atoms with Crippen molar-refractivity contribution in [1.29, 1.82) is 0 Å². The van der Waals surface area contributed by atoms with Crippen molar-refractivity contribution in [2.24, 2.45) is 0 Å². The lowest BCUT2D eigenvalue weighted by atomic mass is 9.87. The lowest BCUT2D eigenvalue weighted by molar-refractivity contribution is 0.269. The van der Waals surface area contributed by atoms with Gasteiger partial charge >= 0.3 is 0 Å². The fourth-order valence-corrected chi connectivity index (χ4v) is 9.35. The van der Waals surface area contributed by atoms with Gasteiger partial charge in [-0.15, -0.1) is 11.3 Å². The van der Waals surface area contributed by atoms with E-state index in [1.54, 1.807) is 11.3 Å². The summed E-state index contributed by atoms with van der Waals surface area (Å²) in [6, 6.07) is 45.5. The van der Waals surface area contributed by atoms with E-state index in [4.69, 9.17) is 19.7 Å². The molecule has 11 rings (SSSR count). The lowest BCUT2D eigenvalue weighted by Crippen LogP contribution is -2.16. The van der Waals surface area contributed by atoms with Crippen molar-refractivity contribution in [2.45, 2.75) is 24.9 Å². The average molecular weight is 712 g/mol. The van der Waals surface area contributed by atoms with Crippen LogP contribution in [-0.2, 0) is 6.42 Å². The van der Waals surface area contributed by atoms with E-state index in [-0.39, 0.29) is 12.0 Å². The maximum Gasteiger partial charge on any atom is 0.164 e. The largest absolute Gasteiger partial charge is 0.485 e. The highest BCUT2D eigenvalue weighted by Crippen LogP contribution is 2.48. The molecular weight excluding hydrogens is 679 g/mol. The van der Waals surface area contributed by atoms with Crippen LogP contribution in [0.3, 0.4) is 0 Å². The van der Waals surface area contributed by atoms with Gasteiger partial charge in [0.25, 0.3) is 0 Å². The molecule has 0 saturated carbocycles. The van der Waals surface area contributed by atoms with E-state index >= 15 is 0 Å². The molecule has 0 radical (unpaired) electrons. The Labute approximate surface area is 317 Å². The Kier molecular flexibility index (Phi) is 7.27. The minimum absolute atomic E-state index is 0.0646. The normalized spacial score (nSPS) is 16.7. The highest BCUT2D eigenvalue weighted by atomic mass is 32.1. The molecule has 0 amide bonds. The second-order valence-corrected chi connectivity index (χ2v) is 15.3. The van der Waals surface area contributed by atoms with E-state index in [0.717, 1.165) is 52.0 Å². The molecule has 0 spiro atoms. The van der Waals surface area contributed by atoms with E-state index < -0.39 is 0 Å². The van der Waals surface area contributed by atoms with Gasteiger partial charge in [0.2, 0.25) is 0 Å². The summed E-state index contributed by atoms with van der Waals surface area (Å²) in [5, 5.41) is 2.52. The Morgan fingerprint density at radius 1 is 0.556 bits per heavy atom. The zero-order valence-electron chi connectivity index (χ0n) is 29.3. The van der Waals surface area contributed by atoms with Gasteiger partial charge in [0.1, 0.15) is 11.9 Å². The molecule has 2 aliphatic carbocycles. The van der Waals surface area contributed by atoms with Crippen molar-refractivity contribution in [3.8, 4) is 62.2 Å². The molecule has 6 aromatic carbocycles. The number of benzene rings is 6. The van der Waals surface area contributed by atoms with Gasteiger partial charge in [0.05, 0.1) is 0 Å². The first-order valence-corrected chi connectivity index (χ1v) is 19.4. The molecule has 2 unspecified atom stereocenters. The summed E-state index contributed by atoms with van der Waals surface area (Å²) in [6.07, 6.45) is 15.1. The Hall–Kier alpha value is -6.43. The number of allylic oxidation sites excluding steroid dienone is 3. The van der Waals surface area contributed by atoms with Gasteiger partial charge in [0, 0.05) is 48.3 Å². The van der Waals surface area contributed by atoms with Crippen LogP contribution >= 0.6 is 11.3 Å². The molecular formula is C49H33N3OS. The van der Waals surface area contributed by atoms with Gasteiger partial charge in [-0.05, 0) is 76.6 Å². The van der Waals surface area contributed by atoms with Crippen LogP contribution in [0.2, 0.25) is 0 Å². The van der Waals surface area contributed by atoms with Crippen LogP contribution in [0.1, 0.15) is 29.0 Å². The first-order chi connectivity index (χ1) is 26.7.